The number of nitrogens with zero attached hydrogens (tertiary/aromatic N) is 1. The van der Waals surface area contributed by atoms with Crippen molar-refractivity contribution in [3.05, 3.63) is 29.3 Å². The summed E-state index contributed by atoms with van der Waals surface area (Å²) in [6.45, 7) is 0.686. The molecule has 0 aromatic heterocycles. The zero-order chi connectivity index (χ0) is 8.55. The van der Waals surface area contributed by atoms with Crippen LogP contribution in [0.5, 0.6) is 0 Å². The Hall–Kier alpha value is -1.06. The van der Waals surface area contributed by atoms with Crippen LogP contribution in [0.2, 0.25) is 0 Å². The third-order valence-corrected chi connectivity index (χ3v) is 2.20. The number of hydroxylamine groups is 1. The topological polar surface area (TPSA) is 43.7 Å². The van der Waals surface area contributed by atoms with Crippen LogP contribution in [-0.2, 0) is 13.0 Å². The Balaban J connectivity index is 2.43. The zero-order valence-electron chi connectivity index (χ0n) is 6.70. The molecule has 3 nitrogen and oxygen atoms in total. The normalized spacial score (nSPS) is 15.0. The van der Waals surface area contributed by atoms with Gasteiger partial charge in [-0.05, 0) is 23.6 Å². The van der Waals surface area contributed by atoms with Crippen molar-refractivity contribution >= 4 is 5.69 Å². The molecule has 0 fully saturated rings. The van der Waals surface area contributed by atoms with Gasteiger partial charge in [-0.2, -0.15) is 0 Å². The minimum absolute atomic E-state index is 0.0289. The molecule has 2 rings (SSSR count). The minimum atomic E-state index is 0.0289. The highest BCUT2D eigenvalue weighted by Crippen LogP contribution is 2.27. The largest absolute Gasteiger partial charge is 0.392 e. The van der Waals surface area contributed by atoms with Gasteiger partial charge >= 0.3 is 0 Å². The van der Waals surface area contributed by atoms with Gasteiger partial charge in [0.1, 0.15) is 0 Å². The summed E-state index contributed by atoms with van der Waals surface area (Å²) in [5, 5.41) is 19.4. The van der Waals surface area contributed by atoms with Gasteiger partial charge in [0.2, 0.25) is 0 Å². The molecule has 0 aliphatic carbocycles. The molecule has 0 amide bonds. The van der Waals surface area contributed by atoms with E-state index in [0.717, 1.165) is 23.2 Å². The lowest BCUT2D eigenvalue weighted by atomic mass is 10.1. The van der Waals surface area contributed by atoms with Gasteiger partial charge in [0.15, 0.2) is 0 Å². The lowest BCUT2D eigenvalue weighted by Gasteiger charge is -2.09. The van der Waals surface area contributed by atoms with Crippen molar-refractivity contribution in [2.75, 3.05) is 11.6 Å². The van der Waals surface area contributed by atoms with Gasteiger partial charge in [-0.15, -0.1) is 0 Å². The Kier molecular flexibility index (Phi) is 1.75. The monoisotopic (exact) mass is 165 g/mol. The van der Waals surface area contributed by atoms with Gasteiger partial charge in [0.05, 0.1) is 12.3 Å². The smallest absolute Gasteiger partial charge is 0.0682 e. The predicted octanol–water partition coefficient (Wildman–Crippen LogP) is 0.931. The lowest BCUT2D eigenvalue weighted by Crippen LogP contribution is -2.13. The number of rotatable bonds is 1. The van der Waals surface area contributed by atoms with Gasteiger partial charge in [0.25, 0.3) is 0 Å². The molecule has 1 heterocycles. The van der Waals surface area contributed by atoms with E-state index < -0.39 is 0 Å². The molecule has 2 N–H and O–H groups in total. The van der Waals surface area contributed by atoms with E-state index in [2.05, 4.69) is 0 Å². The summed E-state index contributed by atoms with van der Waals surface area (Å²) in [4.78, 5) is 0. The van der Waals surface area contributed by atoms with E-state index >= 15 is 0 Å². The molecule has 0 unspecified atom stereocenters. The van der Waals surface area contributed by atoms with Crippen molar-refractivity contribution in [3.63, 3.8) is 0 Å². The third-order valence-electron chi connectivity index (χ3n) is 2.20. The first-order valence-electron chi connectivity index (χ1n) is 4.00. The number of anilines is 1. The Morgan fingerprint density at radius 2 is 2.25 bits per heavy atom. The van der Waals surface area contributed by atoms with Crippen LogP contribution in [0.1, 0.15) is 11.1 Å². The van der Waals surface area contributed by atoms with Crippen molar-refractivity contribution in [2.45, 2.75) is 13.0 Å². The molecule has 1 aromatic rings. The van der Waals surface area contributed by atoms with E-state index in [0.29, 0.717) is 6.54 Å². The van der Waals surface area contributed by atoms with Gasteiger partial charge < -0.3 is 5.11 Å². The summed E-state index contributed by atoms with van der Waals surface area (Å²) in [7, 11) is 0. The fourth-order valence-electron chi connectivity index (χ4n) is 1.51. The summed E-state index contributed by atoms with van der Waals surface area (Å²) in [5.41, 5.74) is 2.82. The Labute approximate surface area is 70.8 Å². The quantitative estimate of drug-likeness (QED) is 0.650. The van der Waals surface area contributed by atoms with Crippen molar-refractivity contribution in [3.8, 4) is 0 Å². The fraction of sp³-hybridized carbons (Fsp3) is 0.333. The van der Waals surface area contributed by atoms with E-state index in [4.69, 9.17) is 5.11 Å². The minimum Gasteiger partial charge on any atom is -0.392 e. The number of benzene rings is 1. The molecule has 0 saturated carbocycles. The number of aliphatic hydroxyl groups is 1. The fourth-order valence-corrected chi connectivity index (χ4v) is 1.51. The van der Waals surface area contributed by atoms with E-state index in [1.165, 1.54) is 5.06 Å². The molecule has 0 saturated heterocycles. The summed E-state index contributed by atoms with van der Waals surface area (Å²) < 4.78 is 0. The average molecular weight is 165 g/mol. The Morgan fingerprint density at radius 3 is 3.00 bits per heavy atom. The van der Waals surface area contributed by atoms with Crippen LogP contribution >= 0.6 is 0 Å². The molecule has 0 spiro atoms. The van der Waals surface area contributed by atoms with Crippen molar-refractivity contribution in [1.82, 2.24) is 0 Å². The molecular formula is C9H11NO2. The van der Waals surface area contributed by atoms with Crippen LogP contribution in [0.4, 0.5) is 5.69 Å². The molecule has 1 aliphatic rings. The highest BCUT2D eigenvalue weighted by Gasteiger charge is 2.16. The first kappa shape index (κ1) is 7.58. The molecule has 3 heteroatoms. The van der Waals surface area contributed by atoms with Gasteiger partial charge in [-0.25, -0.2) is 0 Å². The lowest BCUT2D eigenvalue weighted by molar-refractivity contribution is 0.263. The first-order valence-corrected chi connectivity index (χ1v) is 4.00. The summed E-state index contributed by atoms with van der Waals surface area (Å²) in [5.74, 6) is 0. The summed E-state index contributed by atoms with van der Waals surface area (Å²) in [6.07, 6.45) is 0.886. The van der Waals surface area contributed by atoms with Crippen molar-refractivity contribution in [2.24, 2.45) is 0 Å². The van der Waals surface area contributed by atoms with Crippen molar-refractivity contribution in [1.29, 1.82) is 0 Å². The molecule has 0 bridgehead atoms. The second-order valence-corrected chi connectivity index (χ2v) is 2.99. The number of aliphatic hydroxyl groups excluding tert-OH is 1. The number of hydrogen-bond acceptors (Lipinski definition) is 3. The highest BCUT2D eigenvalue weighted by atomic mass is 16.5. The number of fused-ring (bicyclic) bond motifs is 1. The van der Waals surface area contributed by atoms with Gasteiger partial charge in [-0.1, -0.05) is 12.1 Å². The number of hydrogen-bond donors (Lipinski definition) is 2. The van der Waals surface area contributed by atoms with E-state index in [1.807, 2.05) is 18.2 Å². The van der Waals surface area contributed by atoms with E-state index in [1.54, 1.807) is 0 Å². The molecular weight excluding hydrogens is 154 g/mol. The standard InChI is InChI=1S/C9H11NO2/c11-6-7-1-2-8-3-4-10(12)9(8)5-7/h1-2,5,11-12H,3-4,6H2. The average Bonchev–Trinajstić information content (AvgIpc) is 2.47. The molecule has 64 valence electrons. The van der Waals surface area contributed by atoms with Gasteiger partial charge in [-0.3, -0.25) is 10.3 Å². The van der Waals surface area contributed by atoms with Gasteiger partial charge in [0, 0.05) is 6.54 Å². The predicted molar refractivity (Wildman–Crippen MR) is 45.2 cm³/mol. The zero-order valence-corrected chi connectivity index (χ0v) is 6.70. The van der Waals surface area contributed by atoms with Crippen LogP contribution in [-0.4, -0.2) is 16.9 Å². The maximum atomic E-state index is 9.35. The second kappa shape index (κ2) is 2.77. The summed E-state index contributed by atoms with van der Waals surface area (Å²) in [6, 6.07) is 5.66. The van der Waals surface area contributed by atoms with Crippen LogP contribution in [0.15, 0.2) is 18.2 Å². The maximum Gasteiger partial charge on any atom is 0.0682 e. The van der Waals surface area contributed by atoms with Crippen LogP contribution in [0, 0.1) is 0 Å². The van der Waals surface area contributed by atoms with E-state index in [-0.39, 0.29) is 6.61 Å². The third kappa shape index (κ3) is 1.07. The molecule has 1 aromatic carbocycles. The maximum absolute atomic E-state index is 9.35. The Morgan fingerprint density at radius 1 is 1.42 bits per heavy atom. The Bertz CT molecular complexity index is 299. The summed E-state index contributed by atoms with van der Waals surface area (Å²) >= 11 is 0. The van der Waals surface area contributed by atoms with Crippen LogP contribution in [0.3, 0.4) is 0 Å². The molecule has 1 aliphatic heterocycles. The van der Waals surface area contributed by atoms with Crippen LogP contribution < -0.4 is 5.06 Å². The highest BCUT2D eigenvalue weighted by molar-refractivity contribution is 5.57. The molecule has 12 heavy (non-hydrogen) atoms. The van der Waals surface area contributed by atoms with E-state index in [9.17, 15) is 5.21 Å². The molecule has 0 atom stereocenters. The van der Waals surface area contributed by atoms with Crippen molar-refractivity contribution < 1.29 is 10.3 Å². The van der Waals surface area contributed by atoms with Crippen LogP contribution in [0.25, 0.3) is 0 Å². The molecule has 0 radical (unpaired) electrons. The SMILES string of the molecule is OCc1ccc2c(c1)N(O)CC2. The second-order valence-electron chi connectivity index (χ2n) is 2.99. The first-order chi connectivity index (χ1) is 5.81.